The van der Waals surface area contributed by atoms with Gasteiger partial charge in [-0.2, -0.15) is 0 Å². The highest BCUT2D eigenvalue weighted by molar-refractivity contribution is 6.08. The van der Waals surface area contributed by atoms with E-state index >= 15 is 0 Å². The molecule has 14 rings (SSSR count). The predicted octanol–water partition coefficient (Wildman–Crippen LogP) is 17.0. The molecule has 0 amide bonds. The highest BCUT2D eigenvalue weighted by Crippen LogP contribution is 2.64. The number of nitrogens with zero attached hydrogens (tertiary/aromatic N) is 1. The van der Waals surface area contributed by atoms with Crippen LogP contribution >= 0.6 is 0 Å². The zero-order chi connectivity index (χ0) is 42.6. The van der Waals surface area contributed by atoms with Gasteiger partial charge in [-0.1, -0.05) is 176 Å². The van der Waals surface area contributed by atoms with Crippen molar-refractivity contribution in [2.24, 2.45) is 0 Å². The molecule has 1 aromatic heterocycles. The van der Waals surface area contributed by atoms with Crippen LogP contribution in [0.2, 0.25) is 0 Å². The monoisotopic (exact) mass is 825 g/mol. The number of anilines is 3. The standard InChI is InChI=1S/C63H39NO/c1-2-13-43-36-45(28-24-40(43)12-1)46-29-26-42-25-27-44(37-47(42)38-46)41-30-32-48(33-31-41)64(49-34-35-61-54(39-49)52-16-6-10-23-60(52)65-61)59-22-11-21-58-62(59)53-17-5-9-20-57(53)63(58)55-18-7-3-14-50(55)51-15-4-8-19-56(51)63/h1-39H. The molecule has 2 aliphatic rings. The van der Waals surface area contributed by atoms with Gasteiger partial charge in [-0.15, -0.1) is 0 Å². The van der Waals surface area contributed by atoms with E-state index in [2.05, 4.69) is 235 Å². The first-order valence-corrected chi connectivity index (χ1v) is 22.5. The van der Waals surface area contributed by atoms with Gasteiger partial charge in [-0.05, 0) is 143 Å². The van der Waals surface area contributed by atoms with E-state index in [4.69, 9.17) is 4.42 Å². The molecule has 0 aliphatic heterocycles. The summed E-state index contributed by atoms with van der Waals surface area (Å²) in [6.45, 7) is 0. The Hall–Kier alpha value is -8.46. The second-order valence-corrected chi connectivity index (χ2v) is 17.6. The zero-order valence-corrected chi connectivity index (χ0v) is 35.4. The van der Waals surface area contributed by atoms with Crippen LogP contribution in [0.15, 0.2) is 241 Å². The molecule has 0 unspecified atom stereocenters. The lowest BCUT2D eigenvalue weighted by atomic mass is 9.70. The number of fused-ring (bicyclic) bond motifs is 15. The maximum Gasteiger partial charge on any atom is 0.135 e. The van der Waals surface area contributed by atoms with Gasteiger partial charge in [0.2, 0.25) is 0 Å². The largest absolute Gasteiger partial charge is 0.456 e. The lowest BCUT2D eigenvalue weighted by Gasteiger charge is -2.31. The van der Waals surface area contributed by atoms with Crippen molar-refractivity contribution in [3.05, 3.63) is 259 Å². The van der Waals surface area contributed by atoms with Crippen molar-refractivity contribution in [3.8, 4) is 44.5 Å². The lowest BCUT2D eigenvalue weighted by molar-refractivity contribution is 0.669. The van der Waals surface area contributed by atoms with Gasteiger partial charge in [0.25, 0.3) is 0 Å². The Balaban J connectivity index is 0.942. The van der Waals surface area contributed by atoms with E-state index in [-0.39, 0.29) is 0 Å². The number of furan rings is 1. The Morgan fingerprint density at radius 2 is 0.815 bits per heavy atom. The summed E-state index contributed by atoms with van der Waals surface area (Å²) in [5.74, 6) is 0. The third-order valence-corrected chi connectivity index (χ3v) is 14.2. The van der Waals surface area contributed by atoms with E-state index in [1.165, 1.54) is 88.3 Å². The van der Waals surface area contributed by atoms with Crippen molar-refractivity contribution in [2.45, 2.75) is 5.41 Å². The summed E-state index contributed by atoms with van der Waals surface area (Å²) < 4.78 is 6.38. The number of hydrogen-bond acceptors (Lipinski definition) is 2. The average Bonchev–Trinajstić information content (AvgIpc) is 4.00. The Kier molecular flexibility index (Phi) is 7.64. The molecule has 0 N–H and O–H groups in total. The molecule has 1 heterocycles. The minimum absolute atomic E-state index is 0.445. The van der Waals surface area contributed by atoms with E-state index in [1.54, 1.807) is 0 Å². The van der Waals surface area contributed by atoms with Gasteiger partial charge in [-0.25, -0.2) is 0 Å². The van der Waals surface area contributed by atoms with Gasteiger partial charge in [0.1, 0.15) is 11.2 Å². The molecule has 0 bridgehead atoms. The summed E-state index contributed by atoms with van der Waals surface area (Å²) in [5, 5.41) is 7.18. The molecule has 0 atom stereocenters. The van der Waals surface area contributed by atoms with Crippen LogP contribution in [0.25, 0.3) is 88.0 Å². The third-order valence-electron chi connectivity index (χ3n) is 14.2. The molecular weight excluding hydrogens is 787 g/mol. The van der Waals surface area contributed by atoms with Crippen molar-refractivity contribution in [1.82, 2.24) is 0 Å². The Labute approximate surface area is 376 Å². The van der Waals surface area contributed by atoms with Gasteiger partial charge < -0.3 is 9.32 Å². The zero-order valence-electron chi connectivity index (χ0n) is 35.4. The van der Waals surface area contributed by atoms with Crippen molar-refractivity contribution in [3.63, 3.8) is 0 Å². The van der Waals surface area contributed by atoms with E-state index in [1.807, 2.05) is 6.07 Å². The molecule has 65 heavy (non-hydrogen) atoms. The van der Waals surface area contributed by atoms with Crippen LogP contribution in [-0.4, -0.2) is 0 Å². The number of para-hydroxylation sites is 1. The summed E-state index contributed by atoms with van der Waals surface area (Å²) in [6, 6.07) is 87.2. The van der Waals surface area contributed by atoms with E-state index in [0.717, 1.165) is 39.0 Å². The smallest absolute Gasteiger partial charge is 0.135 e. The average molecular weight is 826 g/mol. The fraction of sp³-hybridized carbons (Fsp3) is 0.0159. The van der Waals surface area contributed by atoms with Gasteiger partial charge >= 0.3 is 0 Å². The van der Waals surface area contributed by atoms with Crippen LogP contribution in [0.5, 0.6) is 0 Å². The molecule has 0 saturated heterocycles. The summed E-state index contributed by atoms with van der Waals surface area (Å²) >= 11 is 0. The van der Waals surface area contributed by atoms with Crippen LogP contribution in [0.1, 0.15) is 22.3 Å². The first-order valence-electron chi connectivity index (χ1n) is 22.5. The van der Waals surface area contributed by atoms with E-state index in [9.17, 15) is 0 Å². The minimum Gasteiger partial charge on any atom is -0.456 e. The molecule has 0 fully saturated rings. The summed E-state index contributed by atoms with van der Waals surface area (Å²) in [5.41, 5.74) is 19.9. The molecule has 11 aromatic carbocycles. The van der Waals surface area contributed by atoms with Gasteiger partial charge in [0.15, 0.2) is 0 Å². The van der Waals surface area contributed by atoms with Crippen LogP contribution in [-0.2, 0) is 5.41 Å². The maximum absolute atomic E-state index is 6.38. The van der Waals surface area contributed by atoms with Gasteiger partial charge in [-0.3, -0.25) is 0 Å². The highest BCUT2D eigenvalue weighted by atomic mass is 16.3. The molecular formula is C63H39NO. The predicted molar refractivity (Wildman–Crippen MR) is 271 cm³/mol. The second-order valence-electron chi connectivity index (χ2n) is 17.6. The Morgan fingerprint density at radius 1 is 0.308 bits per heavy atom. The first kappa shape index (κ1) is 36.1. The van der Waals surface area contributed by atoms with Crippen molar-refractivity contribution < 1.29 is 4.42 Å². The van der Waals surface area contributed by atoms with Crippen LogP contribution in [0.4, 0.5) is 17.1 Å². The van der Waals surface area contributed by atoms with Gasteiger partial charge in [0.05, 0.1) is 11.1 Å². The van der Waals surface area contributed by atoms with E-state index in [0.29, 0.717) is 0 Å². The fourth-order valence-corrected chi connectivity index (χ4v) is 11.4. The number of rotatable bonds is 5. The summed E-state index contributed by atoms with van der Waals surface area (Å²) in [7, 11) is 0. The lowest BCUT2D eigenvalue weighted by Crippen LogP contribution is -2.26. The van der Waals surface area contributed by atoms with Crippen LogP contribution in [0, 0.1) is 0 Å². The first-order chi connectivity index (χ1) is 32.2. The third kappa shape index (κ3) is 5.23. The molecule has 1 spiro atoms. The fourth-order valence-electron chi connectivity index (χ4n) is 11.4. The highest BCUT2D eigenvalue weighted by Gasteiger charge is 2.52. The normalized spacial score (nSPS) is 13.0. The SMILES string of the molecule is c1ccc2c(c1)-c1ccccc1C21c2ccccc2-c2c(N(c3ccc(-c4ccc5ccc(-c6ccc7ccccc7c6)cc5c4)cc3)c3ccc4oc5ccccc5c4c3)cccc21. The van der Waals surface area contributed by atoms with Crippen molar-refractivity contribution in [2.75, 3.05) is 4.90 Å². The number of benzene rings is 11. The quantitative estimate of drug-likeness (QED) is 0.172. The van der Waals surface area contributed by atoms with Crippen LogP contribution in [0.3, 0.4) is 0 Å². The maximum atomic E-state index is 6.38. The Morgan fingerprint density at radius 3 is 1.54 bits per heavy atom. The summed E-state index contributed by atoms with van der Waals surface area (Å²) in [6.07, 6.45) is 0. The summed E-state index contributed by atoms with van der Waals surface area (Å²) in [4.78, 5) is 2.46. The molecule has 0 radical (unpaired) electrons. The molecule has 2 heteroatoms. The number of hydrogen-bond donors (Lipinski definition) is 0. The molecule has 0 saturated carbocycles. The molecule has 2 aliphatic carbocycles. The Bertz CT molecular complexity index is 3860. The molecule has 12 aromatic rings. The van der Waals surface area contributed by atoms with Crippen LogP contribution < -0.4 is 4.90 Å². The second kappa shape index (κ2) is 13.8. The van der Waals surface area contributed by atoms with Crippen molar-refractivity contribution in [1.29, 1.82) is 0 Å². The van der Waals surface area contributed by atoms with Crippen molar-refractivity contribution >= 4 is 60.5 Å². The minimum atomic E-state index is -0.445. The van der Waals surface area contributed by atoms with E-state index < -0.39 is 5.41 Å². The molecule has 2 nitrogen and oxygen atoms in total. The molecule has 302 valence electrons. The topological polar surface area (TPSA) is 16.4 Å². The van der Waals surface area contributed by atoms with Gasteiger partial charge in [0, 0.05) is 27.7 Å².